The van der Waals surface area contributed by atoms with Crippen molar-refractivity contribution in [2.75, 3.05) is 27.6 Å². The number of likely N-dealkylation sites (tertiary alicyclic amines) is 1. The minimum atomic E-state index is -0.885. The zero-order chi connectivity index (χ0) is 41.3. The molecular weight excluding hydrogens is 753 g/mol. The van der Waals surface area contributed by atoms with Gasteiger partial charge in [-0.1, -0.05) is 152 Å². The van der Waals surface area contributed by atoms with Gasteiger partial charge in [-0.3, -0.25) is 4.79 Å². The standard InChI is InChI=1S/C49H46N6O5/c1-58-34-60-42-28-24-35(25-29-42)30-46(56)54-33-41(31-45(54)48(57)59-2)50-32-36-22-26-37(27-23-36)43-20-12-13-21-44(43)47-51-52-53-55(47)49(38-14-6-3-7-15-38,39-16-8-4-9-17-39)40-18-10-5-11-19-40/h3-29,41,45,50H,30-34H2,1-2H3/t41-,45-/m0/s1. The van der Waals surface area contributed by atoms with E-state index in [1.165, 1.54) is 7.11 Å². The fraction of sp³-hybridized carbons (Fsp3) is 0.204. The van der Waals surface area contributed by atoms with Crippen LogP contribution in [0.3, 0.4) is 0 Å². The lowest BCUT2D eigenvalue weighted by molar-refractivity contribution is -0.150. The Labute approximate surface area is 349 Å². The highest BCUT2D eigenvalue weighted by Crippen LogP contribution is 2.43. The molecule has 8 rings (SSSR count). The minimum absolute atomic E-state index is 0.0961. The van der Waals surface area contributed by atoms with Crippen molar-refractivity contribution < 1.29 is 23.8 Å². The zero-order valence-corrected chi connectivity index (χ0v) is 33.6. The Morgan fingerprint density at radius 1 is 0.700 bits per heavy atom. The Balaban J connectivity index is 1.03. The van der Waals surface area contributed by atoms with Crippen LogP contribution < -0.4 is 10.1 Å². The number of methoxy groups -OCH3 is 2. The molecule has 11 heteroatoms. The van der Waals surface area contributed by atoms with Crippen LogP contribution >= 0.6 is 0 Å². The highest BCUT2D eigenvalue weighted by Gasteiger charge is 2.42. The van der Waals surface area contributed by atoms with Gasteiger partial charge < -0.3 is 24.4 Å². The van der Waals surface area contributed by atoms with E-state index >= 15 is 0 Å². The maximum atomic E-state index is 13.5. The Bertz CT molecular complexity index is 2400. The maximum absolute atomic E-state index is 13.5. The number of carbonyl (C=O) groups excluding carboxylic acids is 2. The lowest BCUT2D eigenvalue weighted by Crippen LogP contribution is -2.42. The second kappa shape index (κ2) is 18.3. The van der Waals surface area contributed by atoms with Crippen molar-refractivity contribution in [3.63, 3.8) is 0 Å². The number of hydrogen-bond acceptors (Lipinski definition) is 9. The molecule has 0 saturated carbocycles. The summed E-state index contributed by atoms with van der Waals surface area (Å²) in [4.78, 5) is 28.0. The van der Waals surface area contributed by atoms with Crippen LogP contribution in [0.15, 0.2) is 164 Å². The number of hydrogen-bond donors (Lipinski definition) is 1. The summed E-state index contributed by atoms with van der Waals surface area (Å²) in [6.07, 6.45) is 0.616. The summed E-state index contributed by atoms with van der Waals surface area (Å²) >= 11 is 0. The van der Waals surface area contributed by atoms with Gasteiger partial charge in [0.25, 0.3) is 0 Å². The number of tetrazole rings is 1. The summed E-state index contributed by atoms with van der Waals surface area (Å²) in [5.41, 5.74) is 6.96. The van der Waals surface area contributed by atoms with Gasteiger partial charge in [-0.2, -0.15) is 0 Å². The van der Waals surface area contributed by atoms with E-state index in [4.69, 9.17) is 24.5 Å². The van der Waals surface area contributed by atoms with Gasteiger partial charge in [-0.15, -0.1) is 5.10 Å². The SMILES string of the molecule is COCOc1ccc(CC(=O)N2C[C@@H](NCc3ccc(-c4ccccc4-c4nnnn4C(c4ccccc4)(c4ccccc4)c4ccccc4)cc3)C[C@H]2C(=O)OC)cc1. The first-order chi connectivity index (χ1) is 29.5. The van der Waals surface area contributed by atoms with Crippen molar-refractivity contribution in [1.82, 2.24) is 30.4 Å². The van der Waals surface area contributed by atoms with Gasteiger partial charge in [0.05, 0.1) is 13.5 Å². The van der Waals surface area contributed by atoms with E-state index in [9.17, 15) is 9.59 Å². The summed E-state index contributed by atoms with van der Waals surface area (Å²) in [5.74, 6) is 0.723. The molecule has 0 bridgehead atoms. The average Bonchev–Trinajstić information content (AvgIpc) is 3.98. The summed E-state index contributed by atoms with van der Waals surface area (Å²) < 4.78 is 17.5. The van der Waals surface area contributed by atoms with Gasteiger partial charge in [0, 0.05) is 31.8 Å². The maximum Gasteiger partial charge on any atom is 0.328 e. The first-order valence-electron chi connectivity index (χ1n) is 19.9. The lowest BCUT2D eigenvalue weighted by Gasteiger charge is -2.36. The molecule has 302 valence electrons. The third kappa shape index (κ3) is 8.18. The van der Waals surface area contributed by atoms with E-state index in [1.807, 2.05) is 83.5 Å². The first kappa shape index (κ1) is 39.9. The Kier molecular flexibility index (Phi) is 12.2. The summed E-state index contributed by atoms with van der Waals surface area (Å²) in [7, 11) is 2.92. The molecule has 1 saturated heterocycles. The van der Waals surface area contributed by atoms with E-state index in [0.717, 1.165) is 44.5 Å². The molecule has 6 aromatic carbocycles. The van der Waals surface area contributed by atoms with Gasteiger partial charge in [0.2, 0.25) is 5.91 Å². The second-order valence-electron chi connectivity index (χ2n) is 14.7. The molecule has 11 nitrogen and oxygen atoms in total. The molecule has 0 radical (unpaired) electrons. The number of esters is 1. The summed E-state index contributed by atoms with van der Waals surface area (Å²) in [6, 6.07) is 54.3. The molecule has 60 heavy (non-hydrogen) atoms. The molecule has 1 amide bonds. The number of carbonyl (C=O) groups is 2. The minimum Gasteiger partial charge on any atom is -0.468 e. The van der Waals surface area contributed by atoms with E-state index in [2.05, 4.69) is 83.3 Å². The van der Waals surface area contributed by atoms with Gasteiger partial charge in [-0.25, -0.2) is 9.48 Å². The third-order valence-electron chi connectivity index (χ3n) is 11.1. The number of rotatable bonds is 15. The number of aromatic nitrogens is 4. The molecule has 0 spiro atoms. The molecule has 1 N–H and O–H groups in total. The van der Waals surface area contributed by atoms with Crippen molar-refractivity contribution in [3.8, 4) is 28.3 Å². The molecule has 0 aliphatic carbocycles. The van der Waals surface area contributed by atoms with Crippen LogP contribution in [-0.2, 0) is 37.6 Å². The van der Waals surface area contributed by atoms with Crippen molar-refractivity contribution in [2.45, 2.75) is 37.0 Å². The largest absolute Gasteiger partial charge is 0.468 e. The predicted molar refractivity (Wildman–Crippen MR) is 229 cm³/mol. The highest BCUT2D eigenvalue weighted by molar-refractivity contribution is 5.86. The zero-order valence-electron chi connectivity index (χ0n) is 33.6. The van der Waals surface area contributed by atoms with Crippen LogP contribution in [0.25, 0.3) is 22.5 Å². The fourth-order valence-electron chi connectivity index (χ4n) is 8.21. The monoisotopic (exact) mass is 798 g/mol. The third-order valence-corrected chi connectivity index (χ3v) is 11.1. The molecule has 1 aliphatic heterocycles. The van der Waals surface area contributed by atoms with Crippen LogP contribution in [0.2, 0.25) is 0 Å². The number of nitrogens with zero attached hydrogens (tertiary/aromatic N) is 5. The summed E-state index contributed by atoms with van der Waals surface area (Å²) in [5, 5.41) is 17.4. The number of benzene rings is 6. The number of ether oxygens (including phenoxy) is 3. The Morgan fingerprint density at radius 2 is 1.27 bits per heavy atom. The van der Waals surface area contributed by atoms with Crippen LogP contribution in [0.1, 0.15) is 34.2 Å². The van der Waals surface area contributed by atoms with Gasteiger partial charge in [0.15, 0.2) is 12.6 Å². The smallest absolute Gasteiger partial charge is 0.328 e. The van der Waals surface area contributed by atoms with Crippen LogP contribution in [0.4, 0.5) is 0 Å². The first-order valence-corrected chi connectivity index (χ1v) is 19.9. The molecular formula is C49H46N6O5. The van der Waals surface area contributed by atoms with Gasteiger partial charge >= 0.3 is 5.97 Å². The molecule has 1 fully saturated rings. The summed E-state index contributed by atoms with van der Waals surface area (Å²) in [6.45, 7) is 1.09. The van der Waals surface area contributed by atoms with Crippen LogP contribution in [0, 0.1) is 0 Å². The number of amides is 1. The lowest BCUT2D eigenvalue weighted by atomic mass is 9.77. The van der Waals surface area contributed by atoms with E-state index in [0.29, 0.717) is 31.1 Å². The van der Waals surface area contributed by atoms with Gasteiger partial charge in [-0.05, 0) is 67.9 Å². The van der Waals surface area contributed by atoms with Crippen LogP contribution in [-0.4, -0.2) is 76.6 Å². The van der Waals surface area contributed by atoms with Crippen molar-refractivity contribution >= 4 is 11.9 Å². The number of nitrogens with one attached hydrogen (secondary N) is 1. The molecule has 7 aromatic rings. The molecule has 1 aliphatic rings. The van der Waals surface area contributed by atoms with Gasteiger partial charge in [0.1, 0.15) is 17.3 Å². The second-order valence-corrected chi connectivity index (χ2v) is 14.7. The normalized spacial score (nSPS) is 15.1. The highest BCUT2D eigenvalue weighted by atomic mass is 16.7. The topological polar surface area (TPSA) is 121 Å². The average molecular weight is 799 g/mol. The predicted octanol–water partition coefficient (Wildman–Crippen LogP) is 7.30. The van der Waals surface area contributed by atoms with E-state index < -0.39 is 17.6 Å². The molecule has 0 unspecified atom stereocenters. The fourth-order valence-corrected chi connectivity index (χ4v) is 8.21. The quantitative estimate of drug-likeness (QED) is 0.0647. The Morgan fingerprint density at radius 3 is 1.85 bits per heavy atom. The molecule has 2 heterocycles. The Hall–Kier alpha value is -6.95. The molecule has 1 aromatic heterocycles. The van der Waals surface area contributed by atoms with Crippen molar-refractivity contribution in [1.29, 1.82) is 0 Å². The van der Waals surface area contributed by atoms with Crippen molar-refractivity contribution in [2.24, 2.45) is 0 Å². The van der Waals surface area contributed by atoms with E-state index in [-0.39, 0.29) is 25.2 Å². The van der Waals surface area contributed by atoms with Crippen molar-refractivity contribution in [3.05, 3.63) is 192 Å². The molecule has 2 atom stereocenters. The van der Waals surface area contributed by atoms with Crippen LogP contribution in [0.5, 0.6) is 5.75 Å². The van der Waals surface area contributed by atoms with E-state index in [1.54, 1.807) is 24.1 Å².